The van der Waals surface area contributed by atoms with Crippen LogP contribution in [-0.2, 0) is 0 Å². The van der Waals surface area contributed by atoms with Gasteiger partial charge in [0.2, 0.25) is 0 Å². The normalized spacial score (nSPS) is 15.2. The molecule has 0 saturated carbocycles. The molecule has 12 heavy (non-hydrogen) atoms. The second-order valence-corrected chi connectivity index (χ2v) is 6.16. The van der Waals surface area contributed by atoms with Gasteiger partial charge in [0.15, 0.2) is 0 Å². The predicted octanol–water partition coefficient (Wildman–Crippen LogP) is 4.12. The van der Waals surface area contributed by atoms with Crippen LogP contribution in [0.15, 0.2) is 0 Å². The van der Waals surface area contributed by atoms with Crippen LogP contribution in [0, 0.1) is 0 Å². The highest BCUT2D eigenvalue weighted by Crippen LogP contribution is 2.36. The SMILES string of the molecule is CC(C)SSC(C)CC(F)(F)F. The first-order valence-electron chi connectivity index (χ1n) is 3.70. The highest BCUT2D eigenvalue weighted by atomic mass is 33.1. The van der Waals surface area contributed by atoms with E-state index in [1.807, 2.05) is 13.8 Å². The van der Waals surface area contributed by atoms with Crippen LogP contribution in [-0.4, -0.2) is 16.7 Å². The molecule has 0 aliphatic carbocycles. The van der Waals surface area contributed by atoms with Crippen LogP contribution in [0.4, 0.5) is 13.2 Å². The van der Waals surface area contributed by atoms with Crippen LogP contribution in [0.25, 0.3) is 0 Å². The van der Waals surface area contributed by atoms with Crippen LogP contribution in [0.2, 0.25) is 0 Å². The Labute approximate surface area is 79.1 Å². The van der Waals surface area contributed by atoms with Gasteiger partial charge in [-0.15, -0.1) is 0 Å². The maximum Gasteiger partial charge on any atom is 0.390 e. The van der Waals surface area contributed by atoms with Gasteiger partial charge in [-0.05, 0) is 0 Å². The van der Waals surface area contributed by atoms with Gasteiger partial charge in [-0.25, -0.2) is 0 Å². The fraction of sp³-hybridized carbons (Fsp3) is 1.00. The van der Waals surface area contributed by atoms with E-state index in [1.165, 1.54) is 21.6 Å². The zero-order valence-corrected chi connectivity index (χ0v) is 8.95. The van der Waals surface area contributed by atoms with E-state index in [0.717, 1.165) is 0 Å². The van der Waals surface area contributed by atoms with Crippen molar-refractivity contribution in [3.8, 4) is 0 Å². The molecule has 0 saturated heterocycles. The van der Waals surface area contributed by atoms with Gasteiger partial charge in [0.05, 0.1) is 6.42 Å². The third-order valence-corrected chi connectivity index (χ3v) is 4.40. The van der Waals surface area contributed by atoms with Gasteiger partial charge in [-0.1, -0.05) is 42.4 Å². The monoisotopic (exact) mass is 218 g/mol. The van der Waals surface area contributed by atoms with Gasteiger partial charge in [0.25, 0.3) is 0 Å². The Morgan fingerprint density at radius 2 is 1.58 bits per heavy atom. The standard InChI is InChI=1S/C7H13F3S2/c1-5(2)11-12-6(3)4-7(8,9)10/h5-6H,4H2,1-3H3. The zero-order valence-electron chi connectivity index (χ0n) is 7.31. The summed E-state index contributed by atoms with van der Waals surface area (Å²) in [4.78, 5) is 0. The number of rotatable bonds is 4. The quantitative estimate of drug-likeness (QED) is 0.651. The number of hydrogen-bond acceptors (Lipinski definition) is 2. The molecule has 1 unspecified atom stereocenters. The molecule has 0 N–H and O–H groups in total. The van der Waals surface area contributed by atoms with Crippen LogP contribution >= 0.6 is 21.6 Å². The Kier molecular flexibility index (Phi) is 5.48. The van der Waals surface area contributed by atoms with Gasteiger partial charge >= 0.3 is 6.18 Å². The topological polar surface area (TPSA) is 0 Å². The van der Waals surface area contributed by atoms with E-state index in [0.29, 0.717) is 5.25 Å². The van der Waals surface area contributed by atoms with Crippen LogP contribution in [0.1, 0.15) is 27.2 Å². The van der Waals surface area contributed by atoms with Crippen molar-refractivity contribution in [2.75, 3.05) is 0 Å². The van der Waals surface area contributed by atoms with E-state index in [9.17, 15) is 13.2 Å². The number of hydrogen-bond donors (Lipinski definition) is 0. The molecule has 0 bridgehead atoms. The third kappa shape index (κ3) is 8.59. The van der Waals surface area contributed by atoms with Crippen LogP contribution < -0.4 is 0 Å². The fourth-order valence-electron chi connectivity index (χ4n) is 0.566. The van der Waals surface area contributed by atoms with Crippen molar-refractivity contribution in [3.05, 3.63) is 0 Å². The largest absolute Gasteiger partial charge is 0.390 e. The molecule has 0 rings (SSSR count). The first-order valence-corrected chi connectivity index (χ1v) is 5.98. The Hall–Kier alpha value is 0.490. The first-order chi connectivity index (χ1) is 5.31. The lowest BCUT2D eigenvalue weighted by atomic mass is 10.3. The molecular weight excluding hydrogens is 205 g/mol. The number of alkyl halides is 3. The van der Waals surface area contributed by atoms with E-state index < -0.39 is 12.6 Å². The molecule has 0 spiro atoms. The van der Waals surface area contributed by atoms with Gasteiger partial charge in [-0.2, -0.15) is 13.2 Å². The average Bonchev–Trinajstić information content (AvgIpc) is 1.79. The minimum atomic E-state index is -4.02. The van der Waals surface area contributed by atoms with E-state index in [2.05, 4.69) is 0 Å². The Morgan fingerprint density at radius 1 is 1.08 bits per heavy atom. The fourth-order valence-corrected chi connectivity index (χ4v) is 2.67. The number of halogens is 3. The molecule has 0 aromatic rings. The molecule has 0 radical (unpaired) electrons. The van der Waals surface area contributed by atoms with Crippen molar-refractivity contribution < 1.29 is 13.2 Å². The molecular formula is C7H13F3S2. The van der Waals surface area contributed by atoms with Crippen LogP contribution in [0.5, 0.6) is 0 Å². The first kappa shape index (κ1) is 12.5. The Balaban J connectivity index is 3.53. The van der Waals surface area contributed by atoms with E-state index in [1.54, 1.807) is 6.92 Å². The molecule has 0 aliphatic heterocycles. The smallest absolute Gasteiger partial charge is 0.171 e. The highest BCUT2D eigenvalue weighted by molar-refractivity contribution is 8.77. The van der Waals surface area contributed by atoms with Crippen molar-refractivity contribution in [3.63, 3.8) is 0 Å². The summed E-state index contributed by atoms with van der Waals surface area (Å²) < 4.78 is 35.4. The molecule has 1 atom stereocenters. The lowest BCUT2D eigenvalue weighted by Gasteiger charge is -2.13. The summed E-state index contributed by atoms with van der Waals surface area (Å²) in [7, 11) is 2.80. The average molecular weight is 218 g/mol. The molecule has 0 aromatic carbocycles. The maximum absolute atomic E-state index is 11.8. The van der Waals surface area contributed by atoms with Crippen molar-refractivity contribution in [2.45, 2.75) is 43.9 Å². The molecule has 0 fully saturated rings. The van der Waals surface area contributed by atoms with Gasteiger partial charge in [0, 0.05) is 10.5 Å². The van der Waals surface area contributed by atoms with Gasteiger partial charge < -0.3 is 0 Å². The summed E-state index contributed by atoms with van der Waals surface area (Å²) >= 11 is 0. The predicted molar refractivity (Wildman–Crippen MR) is 50.5 cm³/mol. The van der Waals surface area contributed by atoms with E-state index in [-0.39, 0.29) is 5.25 Å². The van der Waals surface area contributed by atoms with Crippen molar-refractivity contribution in [2.24, 2.45) is 0 Å². The van der Waals surface area contributed by atoms with Crippen LogP contribution in [0.3, 0.4) is 0 Å². The Bertz CT molecular complexity index is 122. The summed E-state index contributed by atoms with van der Waals surface area (Å²) in [5.74, 6) is 0. The second-order valence-electron chi connectivity index (χ2n) is 2.87. The minimum absolute atomic E-state index is 0.350. The van der Waals surface area contributed by atoms with E-state index >= 15 is 0 Å². The molecule has 0 aromatic heterocycles. The summed E-state index contributed by atoms with van der Waals surface area (Å²) in [6, 6.07) is 0. The molecule has 0 heterocycles. The summed E-state index contributed by atoms with van der Waals surface area (Å²) in [5, 5.41) is 0.0306. The lowest BCUT2D eigenvalue weighted by molar-refractivity contribution is -0.133. The van der Waals surface area contributed by atoms with Gasteiger partial charge in [0.1, 0.15) is 0 Å². The van der Waals surface area contributed by atoms with Crippen molar-refractivity contribution in [1.29, 1.82) is 0 Å². The second kappa shape index (κ2) is 5.27. The van der Waals surface area contributed by atoms with E-state index in [4.69, 9.17) is 0 Å². The third-order valence-electron chi connectivity index (χ3n) is 0.931. The highest BCUT2D eigenvalue weighted by Gasteiger charge is 2.30. The Morgan fingerprint density at radius 3 is 1.92 bits per heavy atom. The molecule has 74 valence electrons. The molecule has 5 heteroatoms. The van der Waals surface area contributed by atoms with Crippen molar-refractivity contribution >= 4 is 21.6 Å². The zero-order chi connectivity index (χ0) is 9.78. The summed E-state index contributed by atoms with van der Waals surface area (Å²) in [6.45, 7) is 5.55. The minimum Gasteiger partial charge on any atom is -0.171 e. The maximum atomic E-state index is 11.8. The molecule has 0 amide bonds. The molecule has 0 nitrogen and oxygen atoms in total. The van der Waals surface area contributed by atoms with Gasteiger partial charge in [-0.3, -0.25) is 0 Å². The summed E-state index contributed by atoms with van der Waals surface area (Å²) in [6.07, 6.45) is -4.72. The summed E-state index contributed by atoms with van der Waals surface area (Å²) in [5.41, 5.74) is 0. The van der Waals surface area contributed by atoms with Crippen molar-refractivity contribution in [1.82, 2.24) is 0 Å². The lowest BCUT2D eigenvalue weighted by Crippen LogP contribution is -2.13. The molecule has 0 aliphatic rings.